The highest BCUT2D eigenvalue weighted by atomic mass is 15.3. The summed E-state index contributed by atoms with van der Waals surface area (Å²) >= 11 is 0. The first-order chi connectivity index (χ1) is 9.25. The van der Waals surface area contributed by atoms with Crippen molar-refractivity contribution >= 4 is 0 Å². The van der Waals surface area contributed by atoms with E-state index < -0.39 is 0 Å². The second-order valence-corrected chi connectivity index (χ2v) is 6.05. The molecule has 0 fully saturated rings. The average Bonchev–Trinajstić information content (AvgIpc) is 2.87. The van der Waals surface area contributed by atoms with Crippen LogP contribution in [0.3, 0.4) is 0 Å². The van der Waals surface area contributed by atoms with E-state index in [9.17, 15) is 0 Å². The first-order valence-corrected chi connectivity index (χ1v) is 7.53. The Kier molecular flexibility index (Phi) is 3.69. The average molecular weight is 260 g/mol. The molecule has 3 atom stereocenters. The summed E-state index contributed by atoms with van der Waals surface area (Å²) in [5, 5.41) is 8.02. The smallest absolute Gasteiger partial charge is 0.143 e. The Morgan fingerprint density at radius 2 is 2.32 bits per heavy atom. The van der Waals surface area contributed by atoms with Gasteiger partial charge in [-0.3, -0.25) is 0 Å². The lowest BCUT2D eigenvalue weighted by Gasteiger charge is -2.31. The highest BCUT2D eigenvalue weighted by Crippen LogP contribution is 2.30. The molecular weight excluding hydrogens is 236 g/mol. The highest BCUT2D eigenvalue weighted by Gasteiger charge is 2.26. The summed E-state index contributed by atoms with van der Waals surface area (Å²) in [6, 6.07) is 0.387. The van der Waals surface area contributed by atoms with E-state index in [0.717, 1.165) is 24.8 Å². The molecule has 104 valence electrons. The van der Waals surface area contributed by atoms with Crippen LogP contribution in [0.4, 0.5) is 0 Å². The van der Waals surface area contributed by atoms with Gasteiger partial charge in [-0.05, 0) is 44.4 Å². The van der Waals surface area contributed by atoms with E-state index in [0.29, 0.717) is 12.0 Å². The van der Waals surface area contributed by atoms with Crippen LogP contribution in [-0.4, -0.2) is 21.3 Å². The third-order valence-corrected chi connectivity index (χ3v) is 4.76. The fourth-order valence-corrected chi connectivity index (χ4v) is 3.49. The Morgan fingerprint density at radius 3 is 3.16 bits per heavy atom. The lowest BCUT2D eigenvalue weighted by molar-refractivity contribution is 0.306. The van der Waals surface area contributed by atoms with Gasteiger partial charge in [0.25, 0.3) is 0 Å². The van der Waals surface area contributed by atoms with Gasteiger partial charge in [0.1, 0.15) is 12.2 Å². The van der Waals surface area contributed by atoms with Crippen LogP contribution in [0.2, 0.25) is 0 Å². The fraction of sp³-hybridized carbons (Fsp3) is 0.733. The Bertz CT molecular complexity index is 462. The van der Waals surface area contributed by atoms with Crippen molar-refractivity contribution in [3.63, 3.8) is 0 Å². The number of allylic oxidation sites excluding steroid dienone is 1. The van der Waals surface area contributed by atoms with Crippen LogP contribution < -0.4 is 5.32 Å². The molecule has 3 rings (SSSR count). The lowest BCUT2D eigenvalue weighted by atomic mass is 9.80. The fourth-order valence-electron chi connectivity index (χ4n) is 3.49. The molecule has 0 saturated carbocycles. The zero-order chi connectivity index (χ0) is 13.2. The van der Waals surface area contributed by atoms with E-state index in [2.05, 4.69) is 35.3 Å². The van der Waals surface area contributed by atoms with Gasteiger partial charge in [-0.25, -0.2) is 9.67 Å². The molecule has 0 bridgehead atoms. The van der Waals surface area contributed by atoms with Crippen molar-refractivity contribution in [1.29, 1.82) is 0 Å². The van der Waals surface area contributed by atoms with Gasteiger partial charge in [0.15, 0.2) is 0 Å². The second-order valence-electron chi connectivity index (χ2n) is 6.05. The third kappa shape index (κ3) is 2.59. The number of hydrogen-bond acceptors (Lipinski definition) is 3. The van der Waals surface area contributed by atoms with Gasteiger partial charge in [-0.2, -0.15) is 5.10 Å². The molecule has 4 heteroatoms. The molecule has 2 aliphatic rings. The molecule has 1 aromatic rings. The number of fused-ring (bicyclic) bond motifs is 1. The van der Waals surface area contributed by atoms with E-state index in [1.54, 1.807) is 11.9 Å². The van der Waals surface area contributed by atoms with Crippen LogP contribution in [0.15, 0.2) is 18.0 Å². The Morgan fingerprint density at radius 1 is 1.42 bits per heavy atom. The predicted octanol–water partition coefficient (Wildman–Crippen LogP) is 2.70. The summed E-state index contributed by atoms with van der Waals surface area (Å²) in [5.41, 5.74) is 1.56. The maximum Gasteiger partial charge on any atom is 0.143 e. The summed E-state index contributed by atoms with van der Waals surface area (Å²) in [7, 11) is 0. The number of nitrogens with zero attached hydrogens (tertiary/aromatic N) is 3. The van der Waals surface area contributed by atoms with Gasteiger partial charge in [-0.15, -0.1) is 0 Å². The zero-order valence-corrected chi connectivity index (χ0v) is 12.0. The summed E-state index contributed by atoms with van der Waals surface area (Å²) < 4.78 is 2.05. The normalized spacial score (nSPS) is 30.8. The van der Waals surface area contributed by atoms with E-state index in [1.807, 2.05) is 4.68 Å². The minimum absolute atomic E-state index is 0.387. The summed E-state index contributed by atoms with van der Waals surface area (Å²) in [6.45, 7) is 6.75. The third-order valence-electron chi connectivity index (χ3n) is 4.76. The number of hydrogen-bond donors (Lipinski definition) is 1. The first-order valence-electron chi connectivity index (χ1n) is 7.53. The standard InChI is InChI=1S/C15H24N4/c1-11-5-3-6-12(2)13(11)9-16-14-7-4-8-19-15(14)17-10-18-19/h5,10,12-14,16H,3-4,6-9H2,1-2H3/t12-,13+,14+/m0/s1. The molecule has 1 aliphatic carbocycles. The Hall–Kier alpha value is -1.16. The number of aryl methyl sites for hydroxylation is 1. The van der Waals surface area contributed by atoms with Gasteiger partial charge in [-0.1, -0.05) is 18.6 Å². The van der Waals surface area contributed by atoms with Gasteiger partial charge < -0.3 is 5.32 Å². The number of nitrogens with one attached hydrogen (secondary N) is 1. The molecule has 0 spiro atoms. The van der Waals surface area contributed by atoms with Crippen molar-refractivity contribution in [1.82, 2.24) is 20.1 Å². The molecule has 4 nitrogen and oxygen atoms in total. The van der Waals surface area contributed by atoms with Crippen LogP contribution in [0.5, 0.6) is 0 Å². The van der Waals surface area contributed by atoms with Crippen molar-refractivity contribution in [3.8, 4) is 0 Å². The maximum absolute atomic E-state index is 4.41. The summed E-state index contributed by atoms with van der Waals surface area (Å²) in [6.07, 6.45) is 9.05. The van der Waals surface area contributed by atoms with Crippen molar-refractivity contribution in [2.24, 2.45) is 11.8 Å². The van der Waals surface area contributed by atoms with E-state index in [4.69, 9.17) is 0 Å². The second kappa shape index (κ2) is 5.45. The SMILES string of the molecule is CC1=CCC[C@H](C)[C@@H]1CN[C@@H]1CCCn2ncnc21. The molecular formula is C15H24N4. The molecule has 19 heavy (non-hydrogen) atoms. The molecule has 0 aromatic carbocycles. The molecule has 1 aliphatic heterocycles. The Labute approximate surface area is 115 Å². The van der Waals surface area contributed by atoms with Gasteiger partial charge in [0, 0.05) is 13.1 Å². The largest absolute Gasteiger partial charge is 0.307 e. The number of aromatic nitrogens is 3. The van der Waals surface area contributed by atoms with Crippen LogP contribution in [-0.2, 0) is 6.54 Å². The molecule has 2 heterocycles. The van der Waals surface area contributed by atoms with Gasteiger partial charge >= 0.3 is 0 Å². The first kappa shape index (κ1) is 12.9. The molecule has 0 unspecified atom stereocenters. The van der Waals surface area contributed by atoms with Gasteiger partial charge in [0.2, 0.25) is 0 Å². The highest BCUT2D eigenvalue weighted by molar-refractivity contribution is 5.10. The van der Waals surface area contributed by atoms with Crippen LogP contribution in [0, 0.1) is 11.8 Å². The number of rotatable bonds is 3. The van der Waals surface area contributed by atoms with Gasteiger partial charge in [0.05, 0.1) is 6.04 Å². The molecule has 1 aromatic heterocycles. The minimum atomic E-state index is 0.387. The van der Waals surface area contributed by atoms with E-state index >= 15 is 0 Å². The van der Waals surface area contributed by atoms with Crippen molar-refractivity contribution < 1.29 is 0 Å². The zero-order valence-electron chi connectivity index (χ0n) is 12.0. The topological polar surface area (TPSA) is 42.7 Å². The minimum Gasteiger partial charge on any atom is -0.307 e. The van der Waals surface area contributed by atoms with E-state index in [-0.39, 0.29) is 0 Å². The molecule has 0 saturated heterocycles. The van der Waals surface area contributed by atoms with Crippen LogP contribution >= 0.6 is 0 Å². The molecule has 0 radical (unpaired) electrons. The quantitative estimate of drug-likeness (QED) is 0.850. The summed E-state index contributed by atoms with van der Waals surface area (Å²) in [5.74, 6) is 2.60. The Balaban J connectivity index is 1.64. The van der Waals surface area contributed by atoms with Crippen molar-refractivity contribution in [3.05, 3.63) is 23.8 Å². The maximum atomic E-state index is 4.41. The summed E-state index contributed by atoms with van der Waals surface area (Å²) in [4.78, 5) is 4.41. The monoisotopic (exact) mass is 260 g/mol. The molecule has 0 amide bonds. The van der Waals surface area contributed by atoms with Crippen LogP contribution in [0.25, 0.3) is 0 Å². The lowest BCUT2D eigenvalue weighted by Crippen LogP contribution is -2.35. The van der Waals surface area contributed by atoms with E-state index in [1.165, 1.54) is 25.7 Å². The van der Waals surface area contributed by atoms with Crippen molar-refractivity contribution in [2.45, 2.75) is 52.1 Å². The predicted molar refractivity (Wildman–Crippen MR) is 75.6 cm³/mol. The van der Waals surface area contributed by atoms with Crippen molar-refractivity contribution in [2.75, 3.05) is 6.54 Å². The van der Waals surface area contributed by atoms with Crippen LogP contribution in [0.1, 0.15) is 51.4 Å². The molecule has 1 N–H and O–H groups in total.